The maximum atomic E-state index is 6.01. The largest absolute Gasteiger partial charge is 0.385 e. The molecule has 2 heteroatoms. The van der Waals surface area contributed by atoms with Crippen LogP contribution in [0, 0.1) is 19.8 Å². The van der Waals surface area contributed by atoms with Crippen molar-refractivity contribution in [3.8, 4) is 0 Å². The first kappa shape index (κ1) is 12.4. The van der Waals surface area contributed by atoms with Crippen LogP contribution in [0.5, 0.6) is 0 Å². The molecule has 0 saturated heterocycles. The van der Waals surface area contributed by atoms with E-state index in [1.807, 2.05) is 0 Å². The van der Waals surface area contributed by atoms with Gasteiger partial charge < -0.3 is 11.1 Å². The minimum absolute atomic E-state index is 0.426. The van der Waals surface area contributed by atoms with Gasteiger partial charge in [0.1, 0.15) is 0 Å². The summed E-state index contributed by atoms with van der Waals surface area (Å²) in [7, 11) is 0. The molecule has 0 aliphatic heterocycles. The third kappa shape index (κ3) is 3.74. The molecule has 2 nitrogen and oxygen atoms in total. The van der Waals surface area contributed by atoms with Crippen molar-refractivity contribution >= 4 is 5.69 Å². The van der Waals surface area contributed by atoms with Crippen molar-refractivity contribution < 1.29 is 0 Å². The molecule has 1 aromatic carbocycles. The van der Waals surface area contributed by atoms with Crippen LogP contribution in [0.4, 0.5) is 5.69 Å². The number of aryl methyl sites for hydroxylation is 2. The van der Waals surface area contributed by atoms with Crippen molar-refractivity contribution in [3.05, 3.63) is 29.3 Å². The molecule has 1 fully saturated rings. The Labute approximate surface area is 105 Å². The average molecular weight is 232 g/mol. The van der Waals surface area contributed by atoms with E-state index < -0.39 is 0 Å². The van der Waals surface area contributed by atoms with Gasteiger partial charge in [0, 0.05) is 18.3 Å². The molecule has 2 atom stereocenters. The van der Waals surface area contributed by atoms with Gasteiger partial charge >= 0.3 is 0 Å². The fraction of sp³-hybridized carbons (Fsp3) is 0.600. The van der Waals surface area contributed by atoms with Crippen LogP contribution in [0.2, 0.25) is 0 Å². The highest BCUT2D eigenvalue weighted by Crippen LogP contribution is 2.24. The molecule has 0 spiro atoms. The van der Waals surface area contributed by atoms with E-state index in [0.717, 1.165) is 12.5 Å². The van der Waals surface area contributed by atoms with Crippen molar-refractivity contribution in [3.63, 3.8) is 0 Å². The zero-order chi connectivity index (χ0) is 12.3. The van der Waals surface area contributed by atoms with Gasteiger partial charge in [0.25, 0.3) is 0 Å². The molecular formula is C15H24N2. The maximum Gasteiger partial charge on any atom is 0.0345 e. The summed E-state index contributed by atoms with van der Waals surface area (Å²) in [6.07, 6.45) is 5.00. The number of hydrogen-bond acceptors (Lipinski definition) is 2. The van der Waals surface area contributed by atoms with Gasteiger partial charge in [0.15, 0.2) is 0 Å². The number of rotatable bonds is 3. The Morgan fingerprint density at radius 3 is 2.53 bits per heavy atom. The maximum absolute atomic E-state index is 6.01. The molecule has 0 radical (unpaired) electrons. The van der Waals surface area contributed by atoms with Gasteiger partial charge in [-0.25, -0.2) is 0 Å². The molecule has 1 aliphatic carbocycles. The van der Waals surface area contributed by atoms with Crippen LogP contribution in [0.3, 0.4) is 0 Å². The van der Waals surface area contributed by atoms with Gasteiger partial charge in [0.2, 0.25) is 0 Å². The Bertz CT molecular complexity index is 353. The topological polar surface area (TPSA) is 38.0 Å². The number of nitrogens with one attached hydrogen (secondary N) is 1. The van der Waals surface area contributed by atoms with E-state index in [0.29, 0.717) is 6.04 Å². The lowest BCUT2D eigenvalue weighted by atomic mass is 9.86. The van der Waals surface area contributed by atoms with Crippen LogP contribution in [-0.4, -0.2) is 12.6 Å². The predicted octanol–water partition coefficient (Wildman–Crippen LogP) is 3.23. The van der Waals surface area contributed by atoms with Crippen LogP contribution in [0.1, 0.15) is 36.8 Å². The number of anilines is 1. The van der Waals surface area contributed by atoms with Crippen LogP contribution in [-0.2, 0) is 0 Å². The van der Waals surface area contributed by atoms with Crippen molar-refractivity contribution in [2.75, 3.05) is 11.9 Å². The molecule has 3 N–H and O–H groups in total. The summed E-state index contributed by atoms with van der Waals surface area (Å²) in [6.45, 7) is 5.36. The highest BCUT2D eigenvalue weighted by molar-refractivity contribution is 5.48. The van der Waals surface area contributed by atoms with Gasteiger partial charge in [-0.1, -0.05) is 12.5 Å². The SMILES string of the molecule is Cc1cc(C)cc(NCC2CCCC(N)C2)c1. The van der Waals surface area contributed by atoms with Crippen molar-refractivity contribution in [1.29, 1.82) is 0 Å². The molecule has 2 unspecified atom stereocenters. The van der Waals surface area contributed by atoms with E-state index >= 15 is 0 Å². The monoisotopic (exact) mass is 232 g/mol. The first-order chi connectivity index (χ1) is 8.13. The third-order valence-corrected chi connectivity index (χ3v) is 3.64. The fourth-order valence-electron chi connectivity index (χ4n) is 2.86. The molecule has 0 bridgehead atoms. The van der Waals surface area contributed by atoms with Crippen LogP contribution in [0.15, 0.2) is 18.2 Å². The van der Waals surface area contributed by atoms with E-state index in [1.165, 1.54) is 42.5 Å². The standard InChI is InChI=1S/C15H24N2/c1-11-6-12(2)8-15(7-11)17-10-13-4-3-5-14(16)9-13/h6-8,13-14,17H,3-5,9-10,16H2,1-2H3. The van der Waals surface area contributed by atoms with Crippen molar-refractivity contribution in [1.82, 2.24) is 0 Å². The fourth-order valence-corrected chi connectivity index (χ4v) is 2.86. The normalized spacial score (nSPS) is 24.6. The van der Waals surface area contributed by atoms with E-state index in [1.54, 1.807) is 0 Å². The molecule has 17 heavy (non-hydrogen) atoms. The Kier molecular flexibility index (Phi) is 4.06. The average Bonchev–Trinajstić information content (AvgIpc) is 2.25. The number of nitrogens with two attached hydrogens (primary N) is 1. The molecule has 2 rings (SSSR count). The molecular weight excluding hydrogens is 208 g/mol. The lowest BCUT2D eigenvalue weighted by Crippen LogP contribution is -2.30. The van der Waals surface area contributed by atoms with Gasteiger partial charge in [0.05, 0.1) is 0 Å². The van der Waals surface area contributed by atoms with E-state index in [9.17, 15) is 0 Å². The molecule has 0 heterocycles. The Morgan fingerprint density at radius 2 is 1.88 bits per heavy atom. The molecule has 1 saturated carbocycles. The summed E-state index contributed by atoms with van der Waals surface area (Å²) < 4.78 is 0. The van der Waals surface area contributed by atoms with Gasteiger partial charge in [-0.05, 0) is 62.3 Å². The van der Waals surface area contributed by atoms with Gasteiger partial charge in [-0.15, -0.1) is 0 Å². The predicted molar refractivity (Wildman–Crippen MR) is 74.3 cm³/mol. The summed E-state index contributed by atoms with van der Waals surface area (Å²) in [4.78, 5) is 0. The Hall–Kier alpha value is -1.02. The second kappa shape index (κ2) is 5.54. The zero-order valence-corrected chi connectivity index (χ0v) is 11.0. The Morgan fingerprint density at radius 1 is 1.18 bits per heavy atom. The summed E-state index contributed by atoms with van der Waals surface area (Å²) in [5.41, 5.74) is 9.92. The first-order valence-corrected chi connectivity index (χ1v) is 6.71. The quantitative estimate of drug-likeness (QED) is 0.839. The van der Waals surface area contributed by atoms with Gasteiger partial charge in [-0.2, -0.15) is 0 Å². The highest BCUT2D eigenvalue weighted by Gasteiger charge is 2.18. The summed E-state index contributed by atoms with van der Waals surface area (Å²) in [5, 5.41) is 3.56. The third-order valence-electron chi connectivity index (χ3n) is 3.64. The second-order valence-corrected chi connectivity index (χ2v) is 5.55. The smallest absolute Gasteiger partial charge is 0.0345 e. The summed E-state index contributed by atoms with van der Waals surface area (Å²) in [6, 6.07) is 7.07. The van der Waals surface area contributed by atoms with Gasteiger partial charge in [-0.3, -0.25) is 0 Å². The molecule has 1 aliphatic rings. The summed E-state index contributed by atoms with van der Waals surface area (Å²) in [5.74, 6) is 0.750. The van der Waals surface area contributed by atoms with Crippen molar-refractivity contribution in [2.45, 2.75) is 45.6 Å². The minimum Gasteiger partial charge on any atom is -0.385 e. The van der Waals surface area contributed by atoms with Crippen molar-refractivity contribution in [2.24, 2.45) is 11.7 Å². The summed E-state index contributed by atoms with van der Waals surface area (Å²) >= 11 is 0. The minimum atomic E-state index is 0.426. The second-order valence-electron chi connectivity index (χ2n) is 5.55. The number of hydrogen-bond donors (Lipinski definition) is 2. The number of benzene rings is 1. The van der Waals surface area contributed by atoms with Crippen LogP contribution in [0.25, 0.3) is 0 Å². The zero-order valence-electron chi connectivity index (χ0n) is 11.0. The highest BCUT2D eigenvalue weighted by atomic mass is 14.9. The molecule has 0 aromatic heterocycles. The van der Waals surface area contributed by atoms with E-state index in [2.05, 4.69) is 37.4 Å². The lowest BCUT2D eigenvalue weighted by Gasteiger charge is -2.27. The van der Waals surface area contributed by atoms with E-state index in [4.69, 9.17) is 5.73 Å². The van der Waals surface area contributed by atoms with E-state index in [-0.39, 0.29) is 0 Å². The lowest BCUT2D eigenvalue weighted by molar-refractivity contribution is 0.335. The Balaban J connectivity index is 1.88. The molecule has 94 valence electrons. The molecule has 1 aromatic rings. The first-order valence-electron chi connectivity index (χ1n) is 6.71. The molecule has 0 amide bonds. The van der Waals surface area contributed by atoms with Crippen LogP contribution >= 0.6 is 0 Å². The van der Waals surface area contributed by atoms with Crippen LogP contribution < -0.4 is 11.1 Å².